The van der Waals surface area contributed by atoms with Crippen molar-refractivity contribution < 1.29 is 9.47 Å². The quantitative estimate of drug-likeness (QED) is 0.679. The summed E-state index contributed by atoms with van der Waals surface area (Å²) in [6, 6.07) is 7.84. The van der Waals surface area contributed by atoms with Crippen LogP contribution in [0.15, 0.2) is 42.9 Å². The zero-order valence-electron chi connectivity index (χ0n) is 16.5. The molecule has 2 aromatic heterocycles. The van der Waals surface area contributed by atoms with E-state index in [2.05, 4.69) is 28.1 Å². The molecule has 1 aromatic carbocycles. The largest absolute Gasteiger partial charge is 0.497 e. The van der Waals surface area contributed by atoms with E-state index in [1.165, 1.54) is 5.56 Å². The number of methoxy groups -OCH3 is 1. The van der Waals surface area contributed by atoms with Crippen molar-refractivity contribution >= 4 is 0 Å². The number of hydrogen-bond donors (Lipinski definition) is 0. The van der Waals surface area contributed by atoms with E-state index in [9.17, 15) is 0 Å². The number of hydrogen-bond acceptors (Lipinski definition) is 6. The third-order valence-corrected chi connectivity index (χ3v) is 5.03. The van der Waals surface area contributed by atoms with E-state index in [1.807, 2.05) is 36.0 Å². The zero-order valence-corrected chi connectivity index (χ0v) is 16.5. The van der Waals surface area contributed by atoms with Crippen molar-refractivity contribution in [2.24, 2.45) is 7.05 Å². The van der Waals surface area contributed by atoms with Gasteiger partial charge in [0.15, 0.2) is 0 Å². The van der Waals surface area contributed by atoms with Crippen LogP contribution in [0.3, 0.4) is 0 Å². The number of ether oxygens (including phenoxy) is 2. The molecule has 1 fully saturated rings. The van der Waals surface area contributed by atoms with Gasteiger partial charge in [0.05, 0.1) is 43.2 Å². The highest BCUT2D eigenvalue weighted by atomic mass is 16.5. The lowest BCUT2D eigenvalue weighted by Crippen LogP contribution is -2.38. The summed E-state index contributed by atoms with van der Waals surface area (Å²) < 4.78 is 13.1. The van der Waals surface area contributed by atoms with Gasteiger partial charge in [-0.25, -0.2) is 4.98 Å². The molecule has 1 unspecified atom stereocenters. The lowest BCUT2D eigenvalue weighted by atomic mass is 10.1. The summed E-state index contributed by atoms with van der Waals surface area (Å²) in [5, 5.41) is 4.44. The standard InChI is InChI=1S/C21H25N5O2/c1-15-17(12-25(2)24-15)13-26-8-9-28-21(14-26)20-11-22-10-19(23-20)16-4-6-18(27-3)7-5-16/h4-7,10-12,21H,8-9,13-14H2,1-3H3. The van der Waals surface area contributed by atoms with E-state index in [0.29, 0.717) is 6.61 Å². The normalized spacial score (nSPS) is 17.6. The predicted octanol–water partition coefficient (Wildman–Crippen LogP) is 2.77. The van der Waals surface area contributed by atoms with E-state index in [-0.39, 0.29) is 6.10 Å². The summed E-state index contributed by atoms with van der Waals surface area (Å²) in [5.41, 5.74) is 5.03. The Labute approximate surface area is 164 Å². The molecular weight excluding hydrogens is 354 g/mol. The molecule has 0 saturated carbocycles. The average Bonchev–Trinajstić information content (AvgIpc) is 3.05. The van der Waals surface area contributed by atoms with Gasteiger partial charge in [0.1, 0.15) is 11.9 Å². The number of rotatable bonds is 5. The van der Waals surface area contributed by atoms with Gasteiger partial charge in [0.25, 0.3) is 0 Å². The van der Waals surface area contributed by atoms with Crippen LogP contribution in [0.25, 0.3) is 11.3 Å². The van der Waals surface area contributed by atoms with Gasteiger partial charge in [-0.3, -0.25) is 14.6 Å². The summed E-state index contributed by atoms with van der Waals surface area (Å²) in [5.74, 6) is 0.824. The molecule has 0 aliphatic carbocycles. The maximum Gasteiger partial charge on any atom is 0.118 e. The molecule has 0 N–H and O–H groups in total. The maximum absolute atomic E-state index is 6.01. The Bertz CT molecular complexity index is 938. The SMILES string of the molecule is COc1ccc(-c2cncc(C3CN(Cc4cn(C)nc4C)CCO3)n2)cc1. The van der Waals surface area contributed by atoms with Gasteiger partial charge in [-0.2, -0.15) is 5.10 Å². The molecule has 3 aromatic rings. The van der Waals surface area contributed by atoms with Gasteiger partial charge >= 0.3 is 0 Å². The number of morpholine rings is 1. The summed E-state index contributed by atoms with van der Waals surface area (Å²) in [6.45, 7) is 5.28. The fourth-order valence-corrected chi connectivity index (χ4v) is 3.51. The molecular formula is C21H25N5O2. The Morgan fingerprint density at radius 2 is 2.04 bits per heavy atom. The van der Waals surface area contributed by atoms with Crippen LogP contribution < -0.4 is 4.74 Å². The molecule has 7 nitrogen and oxygen atoms in total. The zero-order chi connectivity index (χ0) is 19.5. The highest BCUT2D eigenvalue weighted by Gasteiger charge is 2.24. The minimum Gasteiger partial charge on any atom is -0.497 e. The van der Waals surface area contributed by atoms with E-state index in [1.54, 1.807) is 19.5 Å². The molecule has 0 spiro atoms. The first-order valence-electron chi connectivity index (χ1n) is 9.42. The fraction of sp³-hybridized carbons (Fsp3) is 0.381. The van der Waals surface area contributed by atoms with Crippen LogP contribution in [0, 0.1) is 6.92 Å². The highest BCUT2D eigenvalue weighted by molar-refractivity contribution is 5.59. The molecule has 0 radical (unpaired) electrons. The van der Waals surface area contributed by atoms with Crippen molar-refractivity contribution in [3.63, 3.8) is 0 Å². The number of benzene rings is 1. The summed E-state index contributed by atoms with van der Waals surface area (Å²) in [4.78, 5) is 11.6. The third-order valence-electron chi connectivity index (χ3n) is 5.03. The third kappa shape index (κ3) is 4.05. The number of nitrogens with zero attached hydrogens (tertiary/aromatic N) is 5. The fourth-order valence-electron chi connectivity index (χ4n) is 3.51. The van der Waals surface area contributed by atoms with Crippen LogP contribution in [0.2, 0.25) is 0 Å². The molecule has 1 atom stereocenters. The van der Waals surface area contributed by atoms with E-state index in [0.717, 1.165) is 48.0 Å². The van der Waals surface area contributed by atoms with Crippen LogP contribution in [0.5, 0.6) is 5.75 Å². The molecule has 3 heterocycles. The molecule has 146 valence electrons. The summed E-state index contributed by atoms with van der Waals surface area (Å²) >= 11 is 0. The molecule has 1 aliphatic rings. The first kappa shape index (κ1) is 18.6. The molecule has 1 aliphatic heterocycles. The second kappa shape index (κ2) is 8.08. The van der Waals surface area contributed by atoms with Crippen molar-refractivity contribution in [2.75, 3.05) is 26.8 Å². The van der Waals surface area contributed by atoms with E-state index >= 15 is 0 Å². The minimum absolute atomic E-state index is 0.0866. The highest BCUT2D eigenvalue weighted by Crippen LogP contribution is 2.25. The van der Waals surface area contributed by atoms with Gasteiger partial charge in [-0.1, -0.05) is 0 Å². The molecule has 4 rings (SSSR count). The smallest absolute Gasteiger partial charge is 0.118 e. The summed E-state index contributed by atoms with van der Waals surface area (Å²) in [7, 11) is 3.62. The Kier molecular flexibility index (Phi) is 5.36. The summed E-state index contributed by atoms with van der Waals surface area (Å²) in [6.07, 6.45) is 5.59. The van der Waals surface area contributed by atoms with E-state index < -0.39 is 0 Å². The van der Waals surface area contributed by atoms with Crippen molar-refractivity contribution in [2.45, 2.75) is 19.6 Å². The second-order valence-electron chi connectivity index (χ2n) is 7.07. The molecule has 28 heavy (non-hydrogen) atoms. The Hall–Kier alpha value is -2.77. The Balaban J connectivity index is 1.49. The number of aromatic nitrogens is 4. The van der Waals surface area contributed by atoms with Gasteiger partial charge in [0, 0.05) is 44.0 Å². The van der Waals surface area contributed by atoms with Crippen LogP contribution in [-0.2, 0) is 18.3 Å². The average molecular weight is 379 g/mol. The molecule has 0 amide bonds. The van der Waals surface area contributed by atoms with Crippen LogP contribution in [0.1, 0.15) is 23.1 Å². The topological polar surface area (TPSA) is 65.3 Å². The van der Waals surface area contributed by atoms with Crippen LogP contribution in [-0.4, -0.2) is 51.5 Å². The maximum atomic E-state index is 6.01. The lowest BCUT2D eigenvalue weighted by molar-refractivity contribution is -0.0351. The van der Waals surface area contributed by atoms with Gasteiger partial charge in [-0.15, -0.1) is 0 Å². The Morgan fingerprint density at radius 1 is 1.21 bits per heavy atom. The molecule has 0 bridgehead atoms. The van der Waals surface area contributed by atoms with Crippen molar-refractivity contribution in [1.82, 2.24) is 24.6 Å². The van der Waals surface area contributed by atoms with Gasteiger partial charge in [-0.05, 0) is 31.2 Å². The second-order valence-corrected chi connectivity index (χ2v) is 7.07. The minimum atomic E-state index is -0.0866. The Morgan fingerprint density at radius 3 is 2.75 bits per heavy atom. The van der Waals surface area contributed by atoms with Crippen LogP contribution in [0.4, 0.5) is 0 Å². The molecule has 7 heteroatoms. The van der Waals surface area contributed by atoms with Crippen molar-refractivity contribution in [3.8, 4) is 17.0 Å². The number of aryl methyl sites for hydroxylation is 2. The van der Waals surface area contributed by atoms with Crippen molar-refractivity contribution in [1.29, 1.82) is 0 Å². The first-order valence-corrected chi connectivity index (χ1v) is 9.42. The monoisotopic (exact) mass is 379 g/mol. The van der Waals surface area contributed by atoms with Gasteiger partial charge < -0.3 is 9.47 Å². The first-order chi connectivity index (χ1) is 13.6. The predicted molar refractivity (Wildman–Crippen MR) is 106 cm³/mol. The lowest BCUT2D eigenvalue weighted by Gasteiger charge is -2.32. The molecule has 1 saturated heterocycles. The van der Waals surface area contributed by atoms with E-state index in [4.69, 9.17) is 14.5 Å². The van der Waals surface area contributed by atoms with Gasteiger partial charge in [0.2, 0.25) is 0 Å². The van der Waals surface area contributed by atoms with Crippen LogP contribution >= 0.6 is 0 Å². The van der Waals surface area contributed by atoms with Crippen molar-refractivity contribution in [3.05, 3.63) is 59.8 Å².